The molecule has 0 radical (unpaired) electrons. The van der Waals surface area contributed by atoms with Gasteiger partial charge in [0.15, 0.2) is 0 Å². The molecule has 2 heterocycles. The SMILES string of the molecule is Cc1cc(C(=O)NCc2cccc(C)n2)cc(N)n1. The molecule has 2 aromatic heterocycles. The average Bonchev–Trinajstić information content (AvgIpc) is 2.35. The van der Waals surface area contributed by atoms with Crippen LogP contribution in [0, 0.1) is 13.8 Å². The van der Waals surface area contributed by atoms with Crippen LogP contribution in [-0.4, -0.2) is 15.9 Å². The first-order chi connectivity index (χ1) is 9.04. The van der Waals surface area contributed by atoms with Crippen molar-refractivity contribution >= 4 is 11.7 Å². The number of carbonyl (C=O) groups excluding carboxylic acids is 1. The van der Waals surface area contributed by atoms with Gasteiger partial charge in [-0.3, -0.25) is 9.78 Å². The van der Waals surface area contributed by atoms with E-state index >= 15 is 0 Å². The number of amides is 1. The number of nitrogens with zero attached hydrogens (tertiary/aromatic N) is 2. The van der Waals surface area contributed by atoms with Gasteiger partial charge in [0.05, 0.1) is 12.2 Å². The second kappa shape index (κ2) is 5.48. The van der Waals surface area contributed by atoms with Gasteiger partial charge in [-0.1, -0.05) is 6.07 Å². The summed E-state index contributed by atoms with van der Waals surface area (Å²) in [7, 11) is 0. The Balaban J connectivity index is 2.05. The molecule has 2 aromatic rings. The van der Waals surface area contributed by atoms with Crippen LogP contribution < -0.4 is 11.1 Å². The predicted octanol–water partition coefficient (Wildman–Crippen LogP) is 1.61. The largest absolute Gasteiger partial charge is 0.384 e. The van der Waals surface area contributed by atoms with Crippen LogP contribution in [0.2, 0.25) is 0 Å². The van der Waals surface area contributed by atoms with Gasteiger partial charge in [-0.15, -0.1) is 0 Å². The maximum absolute atomic E-state index is 12.0. The Hall–Kier alpha value is -2.43. The van der Waals surface area contributed by atoms with E-state index < -0.39 is 0 Å². The molecule has 5 nitrogen and oxygen atoms in total. The molecule has 0 atom stereocenters. The Morgan fingerprint density at radius 1 is 1.21 bits per heavy atom. The molecule has 2 rings (SSSR count). The first kappa shape index (κ1) is 13.0. The van der Waals surface area contributed by atoms with Crippen LogP contribution >= 0.6 is 0 Å². The minimum Gasteiger partial charge on any atom is -0.384 e. The molecule has 19 heavy (non-hydrogen) atoms. The van der Waals surface area contributed by atoms with Crippen molar-refractivity contribution in [1.82, 2.24) is 15.3 Å². The average molecular weight is 256 g/mol. The third-order valence-electron chi connectivity index (χ3n) is 2.61. The maximum Gasteiger partial charge on any atom is 0.251 e. The highest BCUT2D eigenvalue weighted by molar-refractivity contribution is 5.94. The Morgan fingerprint density at radius 3 is 2.68 bits per heavy atom. The quantitative estimate of drug-likeness (QED) is 0.874. The lowest BCUT2D eigenvalue weighted by Crippen LogP contribution is -2.23. The highest BCUT2D eigenvalue weighted by Gasteiger charge is 2.07. The van der Waals surface area contributed by atoms with Crippen molar-refractivity contribution in [3.8, 4) is 0 Å². The van der Waals surface area contributed by atoms with Crippen LogP contribution in [0.15, 0.2) is 30.3 Å². The topological polar surface area (TPSA) is 80.9 Å². The Labute approximate surface area is 111 Å². The number of nitrogen functional groups attached to an aromatic ring is 1. The monoisotopic (exact) mass is 256 g/mol. The van der Waals surface area contributed by atoms with Crippen molar-refractivity contribution in [1.29, 1.82) is 0 Å². The molecule has 0 aliphatic carbocycles. The zero-order chi connectivity index (χ0) is 13.8. The fraction of sp³-hybridized carbons (Fsp3) is 0.214. The summed E-state index contributed by atoms with van der Waals surface area (Å²) in [6, 6.07) is 8.97. The van der Waals surface area contributed by atoms with E-state index in [1.54, 1.807) is 19.1 Å². The number of pyridine rings is 2. The molecule has 98 valence electrons. The molecule has 0 bridgehead atoms. The third kappa shape index (κ3) is 3.51. The number of hydrogen-bond donors (Lipinski definition) is 2. The second-order valence-corrected chi connectivity index (χ2v) is 4.38. The lowest BCUT2D eigenvalue weighted by molar-refractivity contribution is 0.0950. The third-order valence-corrected chi connectivity index (χ3v) is 2.61. The van der Waals surface area contributed by atoms with Crippen LogP contribution in [0.4, 0.5) is 5.82 Å². The van der Waals surface area contributed by atoms with E-state index in [0.29, 0.717) is 17.9 Å². The van der Waals surface area contributed by atoms with Crippen molar-refractivity contribution < 1.29 is 4.79 Å². The molecule has 0 spiro atoms. The highest BCUT2D eigenvalue weighted by atomic mass is 16.1. The summed E-state index contributed by atoms with van der Waals surface area (Å²) in [5, 5.41) is 2.81. The number of hydrogen-bond acceptors (Lipinski definition) is 4. The summed E-state index contributed by atoms with van der Waals surface area (Å²) in [5.74, 6) is 0.166. The Kier molecular flexibility index (Phi) is 3.75. The van der Waals surface area contributed by atoms with Gasteiger partial charge in [-0.05, 0) is 38.1 Å². The normalized spacial score (nSPS) is 10.2. The molecular formula is C14H16N4O. The minimum atomic E-state index is -0.180. The molecule has 0 aliphatic heterocycles. The van der Waals surface area contributed by atoms with Gasteiger partial charge in [-0.25, -0.2) is 4.98 Å². The van der Waals surface area contributed by atoms with E-state index in [2.05, 4.69) is 15.3 Å². The molecule has 0 aromatic carbocycles. The van der Waals surface area contributed by atoms with E-state index in [9.17, 15) is 4.79 Å². The van der Waals surface area contributed by atoms with Crippen LogP contribution in [0.1, 0.15) is 27.4 Å². The zero-order valence-electron chi connectivity index (χ0n) is 11.0. The maximum atomic E-state index is 12.0. The van der Waals surface area contributed by atoms with Crippen molar-refractivity contribution in [2.45, 2.75) is 20.4 Å². The van der Waals surface area contributed by atoms with Crippen LogP contribution in [0.25, 0.3) is 0 Å². The summed E-state index contributed by atoms with van der Waals surface area (Å²) in [6.45, 7) is 4.11. The number of carbonyl (C=O) groups is 1. The number of aromatic nitrogens is 2. The highest BCUT2D eigenvalue weighted by Crippen LogP contribution is 2.07. The lowest BCUT2D eigenvalue weighted by Gasteiger charge is -2.06. The Bertz CT molecular complexity index is 590. The summed E-state index contributed by atoms with van der Waals surface area (Å²) in [6.07, 6.45) is 0. The molecule has 0 fully saturated rings. The zero-order valence-corrected chi connectivity index (χ0v) is 11.0. The van der Waals surface area contributed by atoms with E-state index in [1.807, 2.05) is 25.1 Å². The molecule has 3 N–H and O–H groups in total. The lowest BCUT2D eigenvalue weighted by atomic mass is 10.2. The molecule has 0 saturated carbocycles. The molecule has 0 unspecified atom stereocenters. The van der Waals surface area contributed by atoms with Gasteiger partial charge in [-0.2, -0.15) is 0 Å². The Morgan fingerprint density at radius 2 is 2.00 bits per heavy atom. The number of anilines is 1. The van der Waals surface area contributed by atoms with Crippen molar-refractivity contribution in [2.24, 2.45) is 0 Å². The van der Waals surface area contributed by atoms with Crippen molar-refractivity contribution in [2.75, 3.05) is 5.73 Å². The second-order valence-electron chi connectivity index (χ2n) is 4.38. The van der Waals surface area contributed by atoms with E-state index in [4.69, 9.17) is 5.73 Å². The molecular weight excluding hydrogens is 240 g/mol. The van der Waals surface area contributed by atoms with Crippen LogP contribution in [-0.2, 0) is 6.54 Å². The number of rotatable bonds is 3. The summed E-state index contributed by atoms with van der Waals surface area (Å²) in [5.41, 5.74) is 8.61. The summed E-state index contributed by atoms with van der Waals surface area (Å²) < 4.78 is 0. The summed E-state index contributed by atoms with van der Waals surface area (Å²) in [4.78, 5) is 20.3. The van der Waals surface area contributed by atoms with Crippen LogP contribution in [0.3, 0.4) is 0 Å². The first-order valence-electron chi connectivity index (χ1n) is 5.99. The van der Waals surface area contributed by atoms with Crippen molar-refractivity contribution in [3.05, 3.63) is 53.0 Å². The van der Waals surface area contributed by atoms with Gasteiger partial charge in [0.1, 0.15) is 5.82 Å². The number of aryl methyl sites for hydroxylation is 2. The number of nitrogens with two attached hydrogens (primary N) is 1. The number of nitrogens with one attached hydrogen (secondary N) is 1. The standard InChI is InChI=1S/C14H16N4O/c1-9-4-3-5-12(17-9)8-16-14(19)11-6-10(2)18-13(15)7-11/h3-7H,8H2,1-2H3,(H2,15,18)(H,16,19). The van der Waals surface area contributed by atoms with Gasteiger partial charge in [0.2, 0.25) is 0 Å². The van der Waals surface area contributed by atoms with Gasteiger partial charge < -0.3 is 11.1 Å². The van der Waals surface area contributed by atoms with Crippen molar-refractivity contribution in [3.63, 3.8) is 0 Å². The molecule has 1 amide bonds. The molecule has 0 aliphatic rings. The first-order valence-corrected chi connectivity index (χ1v) is 5.99. The minimum absolute atomic E-state index is 0.180. The molecule has 0 saturated heterocycles. The summed E-state index contributed by atoms with van der Waals surface area (Å²) >= 11 is 0. The van der Waals surface area contributed by atoms with E-state index in [0.717, 1.165) is 17.1 Å². The van der Waals surface area contributed by atoms with E-state index in [-0.39, 0.29) is 5.91 Å². The van der Waals surface area contributed by atoms with Gasteiger partial charge in [0, 0.05) is 17.0 Å². The fourth-order valence-corrected chi connectivity index (χ4v) is 1.80. The fourth-order valence-electron chi connectivity index (χ4n) is 1.80. The van der Waals surface area contributed by atoms with Crippen LogP contribution in [0.5, 0.6) is 0 Å². The van der Waals surface area contributed by atoms with E-state index in [1.165, 1.54) is 0 Å². The predicted molar refractivity (Wildman–Crippen MR) is 73.5 cm³/mol. The smallest absolute Gasteiger partial charge is 0.251 e. The van der Waals surface area contributed by atoms with Gasteiger partial charge in [0.25, 0.3) is 5.91 Å². The van der Waals surface area contributed by atoms with Gasteiger partial charge >= 0.3 is 0 Å². The molecule has 5 heteroatoms.